The van der Waals surface area contributed by atoms with E-state index in [0.717, 1.165) is 17.2 Å². The van der Waals surface area contributed by atoms with E-state index in [4.69, 9.17) is 5.11 Å². The van der Waals surface area contributed by atoms with Crippen molar-refractivity contribution < 1.29 is 19.1 Å². The summed E-state index contributed by atoms with van der Waals surface area (Å²) in [6.45, 7) is 0. The van der Waals surface area contributed by atoms with Crippen molar-refractivity contribution in [3.8, 4) is 0 Å². The van der Waals surface area contributed by atoms with E-state index < -0.39 is 17.3 Å². The van der Waals surface area contributed by atoms with Gasteiger partial charge in [-0.3, -0.25) is 4.79 Å². The van der Waals surface area contributed by atoms with Crippen LogP contribution in [0.5, 0.6) is 0 Å². The van der Waals surface area contributed by atoms with E-state index in [1.807, 2.05) is 24.3 Å². The molecule has 0 radical (unpaired) electrons. The topological polar surface area (TPSA) is 66.4 Å². The Labute approximate surface area is 120 Å². The standard InChI is InChI=1S/C16H12FNO3/c17-12-6-3-7-13(14(12)16(20)21)18-15(19)11-8-9-4-1-2-5-10(9)11/h1-7,11H,8H2,(H,18,19)(H,20,21). The molecule has 4 nitrogen and oxygen atoms in total. The van der Waals surface area contributed by atoms with Crippen LogP contribution in [0.1, 0.15) is 27.4 Å². The smallest absolute Gasteiger partial charge is 0.340 e. The Morgan fingerprint density at radius 2 is 1.90 bits per heavy atom. The maximum Gasteiger partial charge on any atom is 0.340 e. The van der Waals surface area contributed by atoms with Crippen LogP contribution in [0.3, 0.4) is 0 Å². The van der Waals surface area contributed by atoms with E-state index >= 15 is 0 Å². The molecule has 1 aliphatic rings. The minimum absolute atomic E-state index is 0.0168. The van der Waals surface area contributed by atoms with Crippen molar-refractivity contribution in [1.82, 2.24) is 0 Å². The average Bonchev–Trinajstić information content (AvgIpc) is 2.39. The number of amides is 1. The number of nitrogens with one attached hydrogen (secondary N) is 1. The molecule has 0 saturated heterocycles. The van der Waals surface area contributed by atoms with Crippen LogP contribution in [-0.2, 0) is 11.2 Å². The van der Waals surface area contributed by atoms with E-state index in [1.165, 1.54) is 12.1 Å². The number of carbonyl (C=O) groups excluding carboxylic acids is 1. The molecule has 21 heavy (non-hydrogen) atoms. The van der Waals surface area contributed by atoms with Gasteiger partial charge in [-0.05, 0) is 29.7 Å². The molecule has 2 aromatic carbocycles. The number of hydrogen-bond acceptors (Lipinski definition) is 2. The number of hydrogen-bond donors (Lipinski definition) is 2. The van der Waals surface area contributed by atoms with Crippen molar-refractivity contribution in [2.24, 2.45) is 0 Å². The third-order valence-electron chi connectivity index (χ3n) is 3.66. The fourth-order valence-electron chi connectivity index (χ4n) is 2.56. The Hall–Kier alpha value is -2.69. The molecule has 0 bridgehead atoms. The van der Waals surface area contributed by atoms with Gasteiger partial charge in [0.2, 0.25) is 5.91 Å². The molecule has 106 valence electrons. The second-order valence-electron chi connectivity index (χ2n) is 4.91. The highest BCUT2D eigenvalue weighted by Crippen LogP contribution is 2.35. The molecule has 0 spiro atoms. The van der Waals surface area contributed by atoms with E-state index in [1.54, 1.807) is 0 Å². The lowest BCUT2D eigenvalue weighted by molar-refractivity contribution is -0.118. The molecule has 3 rings (SSSR count). The maximum absolute atomic E-state index is 13.6. The monoisotopic (exact) mass is 285 g/mol. The molecule has 2 aromatic rings. The van der Waals surface area contributed by atoms with Crippen LogP contribution >= 0.6 is 0 Å². The zero-order chi connectivity index (χ0) is 15.0. The molecular weight excluding hydrogens is 273 g/mol. The molecule has 1 amide bonds. The summed E-state index contributed by atoms with van der Waals surface area (Å²) in [6, 6.07) is 11.4. The second-order valence-corrected chi connectivity index (χ2v) is 4.91. The van der Waals surface area contributed by atoms with Gasteiger partial charge in [0, 0.05) is 0 Å². The summed E-state index contributed by atoms with van der Waals surface area (Å²) in [5.74, 6) is -2.90. The minimum Gasteiger partial charge on any atom is -0.478 e. The van der Waals surface area contributed by atoms with Crippen LogP contribution < -0.4 is 5.32 Å². The lowest BCUT2D eigenvalue weighted by Crippen LogP contribution is -2.30. The zero-order valence-corrected chi connectivity index (χ0v) is 11.0. The normalized spacial score (nSPS) is 15.8. The van der Waals surface area contributed by atoms with Crippen molar-refractivity contribution >= 4 is 17.6 Å². The zero-order valence-electron chi connectivity index (χ0n) is 11.0. The molecule has 1 aliphatic carbocycles. The van der Waals surface area contributed by atoms with Crippen molar-refractivity contribution in [3.63, 3.8) is 0 Å². The van der Waals surface area contributed by atoms with Crippen LogP contribution in [0.15, 0.2) is 42.5 Å². The molecule has 0 fully saturated rings. The van der Waals surface area contributed by atoms with Crippen LogP contribution in [0.25, 0.3) is 0 Å². The first kappa shape index (κ1) is 13.3. The van der Waals surface area contributed by atoms with Gasteiger partial charge in [0.25, 0.3) is 0 Å². The summed E-state index contributed by atoms with van der Waals surface area (Å²) in [6.07, 6.45) is 0.611. The van der Waals surface area contributed by atoms with Crippen LogP contribution in [0.4, 0.5) is 10.1 Å². The number of carboxylic acids is 1. The summed E-state index contributed by atoms with van der Waals surface area (Å²) in [5.41, 5.74) is 1.51. The molecule has 0 aromatic heterocycles. The first-order chi connectivity index (χ1) is 10.1. The molecule has 5 heteroatoms. The summed E-state index contributed by atoms with van der Waals surface area (Å²) < 4.78 is 13.6. The van der Waals surface area contributed by atoms with Crippen LogP contribution in [0.2, 0.25) is 0 Å². The van der Waals surface area contributed by atoms with Gasteiger partial charge in [0.1, 0.15) is 11.4 Å². The number of carbonyl (C=O) groups is 2. The summed E-state index contributed by atoms with van der Waals surface area (Å²) in [7, 11) is 0. The largest absolute Gasteiger partial charge is 0.478 e. The Morgan fingerprint density at radius 1 is 1.14 bits per heavy atom. The van der Waals surface area contributed by atoms with Gasteiger partial charge in [-0.1, -0.05) is 30.3 Å². The molecule has 1 atom stereocenters. The number of halogens is 1. The summed E-state index contributed by atoms with van der Waals surface area (Å²) in [4.78, 5) is 23.3. The quantitative estimate of drug-likeness (QED) is 0.911. The number of fused-ring (bicyclic) bond motifs is 1. The van der Waals surface area contributed by atoms with E-state index in [2.05, 4.69) is 5.32 Å². The number of rotatable bonds is 3. The van der Waals surface area contributed by atoms with E-state index in [0.29, 0.717) is 6.42 Å². The van der Waals surface area contributed by atoms with E-state index in [9.17, 15) is 14.0 Å². The van der Waals surface area contributed by atoms with Crippen molar-refractivity contribution in [2.45, 2.75) is 12.3 Å². The molecular formula is C16H12FNO3. The highest BCUT2D eigenvalue weighted by atomic mass is 19.1. The molecule has 0 saturated carbocycles. The Kier molecular flexibility index (Phi) is 3.17. The number of benzene rings is 2. The minimum atomic E-state index is -1.41. The lowest BCUT2D eigenvalue weighted by atomic mass is 9.77. The van der Waals surface area contributed by atoms with E-state index in [-0.39, 0.29) is 17.5 Å². The van der Waals surface area contributed by atoms with Crippen molar-refractivity contribution in [1.29, 1.82) is 0 Å². The molecule has 1 unspecified atom stereocenters. The third-order valence-corrected chi connectivity index (χ3v) is 3.66. The lowest BCUT2D eigenvalue weighted by Gasteiger charge is -2.29. The van der Waals surface area contributed by atoms with Gasteiger partial charge < -0.3 is 10.4 Å². The molecule has 2 N–H and O–H groups in total. The highest BCUT2D eigenvalue weighted by Gasteiger charge is 2.32. The van der Waals surface area contributed by atoms with Gasteiger partial charge >= 0.3 is 5.97 Å². The fourth-order valence-corrected chi connectivity index (χ4v) is 2.56. The van der Waals surface area contributed by atoms with Gasteiger partial charge in [-0.2, -0.15) is 0 Å². The summed E-state index contributed by atoms with van der Waals surface area (Å²) in [5, 5.41) is 11.6. The number of aromatic carboxylic acids is 1. The Morgan fingerprint density at radius 3 is 2.62 bits per heavy atom. The molecule has 0 aliphatic heterocycles. The predicted molar refractivity (Wildman–Crippen MR) is 74.9 cm³/mol. The first-order valence-corrected chi connectivity index (χ1v) is 6.48. The summed E-state index contributed by atoms with van der Waals surface area (Å²) >= 11 is 0. The maximum atomic E-state index is 13.6. The highest BCUT2D eigenvalue weighted by molar-refractivity contribution is 6.03. The Bertz CT molecular complexity index is 742. The average molecular weight is 285 g/mol. The van der Waals surface area contributed by atoms with Gasteiger partial charge in [-0.25, -0.2) is 9.18 Å². The van der Waals surface area contributed by atoms with Crippen molar-refractivity contribution in [3.05, 3.63) is 65.0 Å². The SMILES string of the molecule is O=C(O)c1c(F)cccc1NC(=O)C1Cc2ccccc21. The van der Waals surface area contributed by atoms with Gasteiger partial charge in [0.05, 0.1) is 11.6 Å². The second kappa shape index (κ2) is 5.01. The first-order valence-electron chi connectivity index (χ1n) is 6.48. The number of carboxylic acid groups (broad SMARTS) is 1. The number of anilines is 1. The fraction of sp³-hybridized carbons (Fsp3) is 0.125. The van der Waals surface area contributed by atoms with Crippen LogP contribution in [-0.4, -0.2) is 17.0 Å². The molecule has 0 heterocycles. The van der Waals surface area contributed by atoms with Gasteiger partial charge in [-0.15, -0.1) is 0 Å². The van der Waals surface area contributed by atoms with Crippen molar-refractivity contribution in [2.75, 3.05) is 5.32 Å². The van der Waals surface area contributed by atoms with Gasteiger partial charge in [0.15, 0.2) is 0 Å². The Balaban J connectivity index is 1.84. The van der Waals surface area contributed by atoms with Crippen LogP contribution in [0, 0.1) is 5.82 Å². The third kappa shape index (κ3) is 2.27. The predicted octanol–water partition coefficient (Wildman–Crippen LogP) is 2.80.